The molecule has 78 heavy (non-hydrogen) atoms. The van der Waals surface area contributed by atoms with Crippen LogP contribution in [0.1, 0.15) is 175 Å². The van der Waals surface area contributed by atoms with Crippen molar-refractivity contribution in [3.05, 3.63) is 130 Å². The van der Waals surface area contributed by atoms with Gasteiger partial charge in [0.1, 0.15) is 17.4 Å². The number of aliphatic hydroxyl groups excluding tert-OH is 1. The number of Topliss-reactive ketones (excluding diaryl/α,β-unsaturated/α-hetero) is 5. The first kappa shape index (κ1) is 69.5. The minimum atomic E-state index is -0.409. The van der Waals surface area contributed by atoms with E-state index in [1.807, 2.05) is 24.3 Å². The lowest BCUT2D eigenvalue weighted by Gasteiger charge is -2.40. The Kier molecular flexibility index (Phi) is 31.3. The van der Waals surface area contributed by atoms with Crippen LogP contribution in [-0.4, -0.2) is 114 Å². The molecule has 4 atom stereocenters. The van der Waals surface area contributed by atoms with Gasteiger partial charge in [0.15, 0.2) is 23.1 Å². The molecule has 4 aromatic carbocycles. The number of carbonyl (C=O) groups excluding carboxylic acids is 7. The first-order valence-electron chi connectivity index (χ1n) is 25.9. The van der Waals surface area contributed by atoms with Crippen LogP contribution in [0.3, 0.4) is 0 Å². The van der Waals surface area contributed by atoms with Crippen molar-refractivity contribution in [3.8, 4) is 0 Å². The van der Waals surface area contributed by atoms with Crippen molar-refractivity contribution in [2.75, 3.05) is 56.5 Å². The maximum Gasteiger partial charge on any atom is 0.319 e. The van der Waals surface area contributed by atoms with Gasteiger partial charge in [0, 0.05) is 72.0 Å². The SMILES string of the molecule is C.C.C.C.CC(=O)CN1CC[C@@H](Cc2ccc(F)cc2)C[C@@H]1CCCNC(=O)Nc1cc(C(C)=O)cc(C(C)=O)c1.CC(=O)c1cc(NC(=O)NCCC[C@H]2C[C@H](Cc3ccc(F)cc3)CCN2CCCO)cc(C(C)=O)c1. The molecule has 0 aromatic heterocycles. The molecule has 0 bridgehead atoms. The second-order valence-corrected chi connectivity index (χ2v) is 19.9. The van der Waals surface area contributed by atoms with E-state index in [-0.39, 0.29) is 88.9 Å². The Bertz CT molecular complexity index is 2490. The molecule has 5 N–H and O–H groups in total. The molecule has 4 aromatic rings. The smallest absolute Gasteiger partial charge is 0.319 e. The van der Waals surface area contributed by atoms with E-state index in [9.17, 15) is 47.4 Å². The van der Waals surface area contributed by atoms with Crippen LogP contribution in [0.4, 0.5) is 29.7 Å². The summed E-state index contributed by atoms with van der Waals surface area (Å²) in [4.78, 5) is 88.5. The first-order valence-corrected chi connectivity index (χ1v) is 25.9. The van der Waals surface area contributed by atoms with E-state index in [1.54, 1.807) is 31.2 Å². The fourth-order valence-corrected chi connectivity index (χ4v) is 9.95. The summed E-state index contributed by atoms with van der Waals surface area (Å²) in [5.74, 6) is -0.0794. The van der Waals surface area contributed by atoms with Crippen LogP contribution in [0.15, 0.2) is 84.9 Å². The van der Waals surface area contributed by atoms with E-state index in [0.717, 1.165) is 101 Å². The average Bonchev–Trinajstić information content (AvgIpc) is 3.35. The van der Waals surface area contributed by atoms with Gasteiger partial charge in [-0.1, -0.05) is 54.0 Å². The van der Waals surface area contributed by atoms with E-state index in [2.05, 4.69) is 31.1 Å². The fourth-order valence-electron chi connectivity index (χ4n) is 9.95. The molecule has 0 saturated carbocycles. The molecule has 0 aliphatic carbocycles. The molecule has 0 radical (unpaired) electrons. The van der Waals surface area contributed by atoms with Crippen molar-refractivity contribution in [2.24, 2.45) is 11.8 Å². The van der Waals surface area contributed by atoms with Gasteiger partial charge in [0.25, 0.3) is 0 Å². The van der Waals surface area contributed by atoms with Gasteiger partial charge in [-0.2, -0.15) is 0 Å². The van der Waals surface area contributed by atoms with Gasteiger partial charge in [-0.05, 0) is 202 Å². The maximum atomic E-state index is 13.3. The van der Waals surface area contributed by atoms with Crippen LogP contribution in [0.5, 0.6) is 0 Å². The second kappa shape index (κ2) is 35.1. The number of anilines is 2. The largest absolute Gasteiger partial charge is 0.396 e. The molecule has 2 fully saturated rings. The van der Waals surface area contributed by atoms with Crippen molar-refractivity contribution in [3.63, 3.8) is 0 Å². The quantitative estimate of drug-likeness (QED) is 0.0352. The number of nitrogens with zero attached hydrogens (tertiary/aromatic N) is 2. The third-order valence-electron chi connectivity index (χ3n) is 13.8. The minimum absolute atomic E-state index is 0. The Morgan fingerprint density at radius 2 is 0.885 bits per heavy atom. The average molecular weight is 1090 g/mol. The maximum absolute atomic E-state index is 13.3. The molecular weight excluding hydrogens is 995 g/mol. The molecule has 0 spiro atoms. The standard InChI is InChI=1S/C29H36FN3O4.C29H38FN3O4.4CH4/c1-19(34)18-33-12-10-23(13-22-6-8-26(30)9-7-22)14-28(33)5-4-11-31-29(37)32-27-16-24(20(2)35)15-25(17-27)21(3)36;1-20(35)24-17-25(21(2)36)19-27(18-24)32-29(37)31-11-3-5-28-16-23(10-13-33(28)12-4-14-34)15-22-6-8-26(30)9-7-22;;;;/h6-9,15-17,23,28H,4-5,10-14,18H2,1-3H3,(H2,31,32,37);6-9,17-19,23,28,34H,3-5,10-16H2,1-2H3,(H2,31,32,37);4*1H4/t2*23-,28-;;;;/m00..../s1. The molecule has 2 aliphatic heterocycles. The third-order valence-corrected chi connectivity index (χ3v) is 13.8. The highest BCUT2D eigenvalue weighted by Gasteiger charge is 2.30. The van der Waals surface area contributed by atoms with Gasteiger partial charge < -0.3 is 31.3 Å². The fraction of sp³-hybridized carbons (Fsp3) is 0.500. The summed E-state index contributed by atoms with van der Waals surface area (Å²) >= 11 is 0. The number of aliphatic hydroxyl groups is 1. The molecule has 14 nitrogen and oxygen atoms in total. The van der Waals surface area contributed by atoms with E-state index in [1.165, 1.54) is 64.1 Å². The zero-order valence-corrected chi connectivity index (χ0v) is 43.6. The molecule has 0 unspecified atom stereocenters. The monoisotopic (exact) mass is 1080 g/mol. The zero-order valence-electron chi connectivity index (χ0n) is 43.6. The lowest BCUT2D eigenvalue weighted by Crippen LogP contribution is -2.45. The number of hydrogen-bond donors (Lipinski definition) is 5. The van der Waals surface area contributed by atoms with E-state index in [4.69, 9.17) is 0 Å². The third kappa shape index (κ3) is 23.6. The van der Waals surface area contributed by atoms with Gasteiger partial charge in [-0.3, -0.25) is 28.9 Å². The summed E-state index contributed by atoms with van der Waals surface area (Å²) in [5.41, 5.74) is 4.53. The Morgan fingerprint density at radius 1 is 0.526 bits per heavy atom. The summed E-state index contributed by atoms with van der Waals surface area (Å²) in [7, 11) is 0. The molecule has 6 rings (SSSR count). The minimum Gasteiger partial charge on any atom is -0.396 e. The van der Waals surface area contributed by atoms with Crippen LogP contribution in [-0.2, 0) is 17.6 Å². The van der Waals surface area contributed by atoms with Crippen LogP contribution in [0.2, 0.25) is 0 Å². The predicted molar refractivity (Wildman–Crippen MR) is 311 cm³/mol. The number of ketones is 5. The Morgan fingerprint density at radius 3 is 1.23 bits per heavy atom. The van der Waals surface area contributed by atoms with Gasteiger partial charge >= 0.3 is 12.1 Å². The summed E-state index contributed by atoms with van der Waals surface area (Å²) in [6.07, 6.45) is 9.86. The van der Waals surface area contributed by atoms with E-state index >= 15 is 0 Å². The molecule has 2 aliphatic rings. The van der Waals surface area contributed by atoms with E-state index in [0.29, 0.717) is 71.1 Å². The van der Waals surface area contributed by atoms with Crippen LogP contribution < -0.4 is 21.3 Å². The molecule has 430 valence electrons. The van der Waals surface area contributed by atoms with Crippen LogP contribution in [0.25, 0.3) is 0 Å². The zero-order chi connectivity index (χ0) is 53.7. The lowest BCUT2D eigenvalue weighted by atomic mass is 9.84. The number of likely N-dealkylation sites (tertiary alicyclic amines) is 2. The number of halogens is 2. The number of rotatable bonds is 23. The summed E-state index contributed by atoms with van der Waals surface area (Å²) in [5, 5.41) is 20.4. The Hall–Kier alpha value is -6.49. The highest BCUT2D eigenvalue weighted by molar-refractivity contribution is 6.03. The van der Waals surface area contributed by atoms with Gasteiger partial charge in [0.2, 0.25) is 0 Å². The molecule has 16 heteroatoms. The number of carbonyl (C=O) groups is 7. The number of amides is 4. The van der Waals surface area contributed by atoms with Crippen molar-refractivity contribution >= 4 is 52.4 Å². The molecule has 2 saturated heterocycles. The number of benzene rings is 4. The summed E-state index contributed by atoms with van der Waals surface area (Å²) in [6.45, 7) is 11.5. The van der Waals surface area contributed by atoms with Gasteiger partial charge in [-0.25, -0.2) is 18.4 Å². The van der Waals surface area contributed by atoms with E-state index < -0.39 is 6.03 Å². The Balaban J connectivity index is 0.000000742. The van der Waals surface area contributed by atoms with Gasteiger partial charge in [-0.15, -0.1) is 0 Å². The topological polar surface area (TPSA) is 194 Å². The number of hydrogen-bond acceptors (Lipinski definition) is 10. The summed E-state index contributed by atoms with van der Waals surface area (Å²) < 4.78 is 26.5. The first-order chi connectivity index (χ1) is 35.3. The lowest BCUT2D eigenvalue weighted by molar-refractivity contribution is -0.119. The van der Waals surface area contributed by atoms with Crippen molar-refractivity contribution in [1.29, 1.82) is 0 Å². The summed E-state index contributed by atoms with van der Waals surface area (Å²) in [6, 6.07) is 22.5. The van der Waals surface area contributed by atoms with Crippen molar-refractivity contribution < 1.29 is 47.4 Å². The van der Waals surface area contributed by atoms with Crippen LogP contribution >= 0.6 is 0 Å². The highest BCUT2D eigenvalue weighted by Crippen LogP contribution is 2.30. The Labute approximate surface area is 463 Å². The predicted octanol–water partition coefficient (Wildman–Crippen LogP) is 12.4. The number of nitrogens with one attached hydrogen (secondary N) is 4. The number of piperidine rings is 2. The normalized spacial score (nSPS) is 16.9. The second-order valence-electron chi connectivity index (χ2n) is 19.9. The molecule has 4 amide bonds. The van der Waals surface area contributed by atoms with Crippen LogP contribution in [0, 0.1) is 23.5 Å². The number of urea groups is 2. The van der Waals surface area contributed by atoms with Gasteiger partial charge in [0.05, 0.1) is 6.54 Å². The van der Waals surface area contributed by atoms with Crippen molar-refractivity contribution in [2.45, 2.75) is 147 Å². The molecular formula is C62H90F2N6O8. The molecule has 2 heterocycles. The highest BCUT2D eigenvalue weighted by atomic mass is 19.1. The van der Waals surface area contributed by atoms with Crippen molar-refractivity contribution in [1.82, 2.24) is 20.4 Å².